The summed E-state index contributed by atoms with van der Waals surface area (Å²) in [5, 5.41) is 12.2. The Balaban J connectivity index is 0.000000160. The van der Waals surface area contributed by atoms with Gasteiger partial charge in [-0.2, -0.15) is 5.10 Å². The van der Waals surface area contributed by atoms with Gasteiger partial charge in [0.25, 0.3) is 0 Å². The van der Waals surface area contributed by atoms with E-state index in [9.17, 15) is 4.79 Å². The second-order valence-corrected chi connectivity index (χ2v) is 4.17. The minimum atomic E-state index is -0.959. The second kappa shape index (κ2) is 6.63. The Morgan fingerprint density at radius 3 is 2.40 bits per heavy atom. The molecular formula is C14H12N2O3S. The third-order valence-electron chi connectivity index (χ3n) is 2.46. The lowest BCUT2D eigenvalue weighted by Gasteiger charge is -1.98. The molecule has 0 fully saturated rings. The van der Waals surface area contributed by atoms with Crippen LogP contribution in [0.2, 0.25) is 0 Å². The number of aromatic carboxylic acids is 1. The van der Waals surface area contributed by atoms with Crippen molar-refractivity contribution in [3.05, 3.63) is 66.8 Å². The van der Waals surface area contributed by atoms with E-state index in [1.807, 2.05) is 36.4 Å². The fraction of sp³-hybridized carbons (Fsp3) is 0. The van der Waals surface area contributed by atoms with Crippen LogP contribution in [0.25, 0.3) is 11.3 Å². The first-order valence-corrected chi connectivity index (χ1v) is 6.12. The molecule has 3 aromatic rings. The van der Waals surface area contributed by atoms with Gasteiger partial charge in [-0.15, -0.1) is 0 Å². The van der Waals surface area contributed by atoms with Gasteiger partial charge in [0.1, 0.15) is 6.26 Å². The topological polar surface area (TPSA) is 68.3 Å². The highest BCUT2D eigenvalue weighted by Gasteiger charge is 2.00. The minimum Gasteiger partial charge on any atom is -0.478 e. The van der Waals surface area contributed by atoms with Gasteiger partial charge in [-0.3, -0.25) is 0 Å². The van der Waals surface area contributed by atoms with E-state index in [2.05, 4.69) is 22.3 Å². The van der Waals surface area contributed by atoms with Crippen molar-refractivity contribution < 1.29 is 14.3 Å². The first-order valence-electron chi connectivity index (χ1n) is 5.72. The van der Waals surface area contributed by atoms with Crippen LogP contribution in [0.15, 0.2) is 65.6 Å². The lowest BCUT2D eigenvalue weighted by atomic mass is 10.2. The third kappa shape index (κ3) is 3.52. The molecular weight excluding hydrogens is 276 g/mol. The number of rotatable bonds is 2. The van der Waals surface area contributed by atoms with Crippen LogP contribution < -0.4 is 0 Å². The quantitative estimate of drug-likeness (QED) is 0.710. The molecule has 0 radical (unpaired) electrons. The van der Waals surface area contributed by atoms with E-state index in [1.54, 1.807) is 10.3 Å². The molecule has 0 spiro atoms. The SMILES string of the molecule is O=C(O)c1ccoc1.Sn1nccc1-c1ccccc1. The number of hydrogen-bond donors (Lipinski definition) is 2. The Morgan fingerprint density at radius 2 is 1.95 bits per heavy atom. The molecule has 1 aromatic carbocycles. The van der Waals surface area contributed by atoms with Crippen LogP contribution in [0, 0.1) is 0 Å². The van der Waals surface area contributed by atoms with Crippen molar-refractivity contribution in [1.82, 2.24) is 9.19 Å². The number of aromatic nitrogens is 2. The summed E-state index contributed by atoms with van der Waals surface area (Å²) in [4.78, 5) is 10.0. The van der Waals surface area contributed by atoms with Crippen molar-refractivity contribution in [2.75, 3.05) is 0 Å². The highest BCUT2D eigenvalue weighted by Crippen LogP contribution is 2.18. The predicted octanol–water partition coefficient (Wildman–Crippen LogP) is 3.22. The largest absolute Gasteiger partial charge is 0.478 e. The van der Waals surface area contributed by atoms with Gasteiger partial charge in [0.05, 0.1) is 23.7 Å². The molecule has 0 bridgehead atoms. The number of hydrogen-bond acceptors (Lipinski definition) is 4. The van der Waals surface area contributed by atoms with Gasteiger partial charge in [-0.05, 0) is 24.9 Å². The summed E-state index contributed by atoms with van der Waals surface area (Å²) < 4.78 is 6.06. The number of thiol groups is 1. The van der Waals surface area contributed by atoms with E-state index in [0.717, 1.165) is 11.3 Å². The fourth-order valence-corrected chi connectivity index (χ4v) is 1.74. The van der Waals surface area contributed by atoms with E-state index in [-0.39, 0.29) is 5.56 Å². The Bertz CT molecular complexity index is 663. The summed E-state index contributed by atoms with van der Waals surface area (Å²) in [5.41, 5.74) is 2.33. The first kappa shape index (κ1) is 14.0. The van der Waals surface area contributed by atoms with Gasteiger partial charge < -0.3 is 9.52 Å². The van der Waals surface area contributed by atoms with E-state index in [4.69, 9.17) is 5.11 Å². The van der Waals surface area contributed by atoms with Crippen LogP contribution in [-0.2, 0) is 0 Å². The summed E-state index contributed by atoms with van der Waals surface area (Å²) in [7, 11) is 0. The fourth-order valence-electron chi connectivity index (χ4n) is 1.50. The maximum atomic E-state index is 10.0. The van der Waals surface area contributed by atoms with Crippen LogP contribution in [-0.4, -0.2) is 20.3 Å². The van der Waals surface area contributed by atoms with Gasteiger partial charge in [-0.1, -0.05) is 30.3 Å². The van der Waals surface area contributed by atoms with Gasteiger partial charge in [0.2, 0.25) is 0 Å². The number of furan rings is 1. The number of carboxylic acid groups (broad SMARTS) is 1. The highest BCUT2D eigenvalue weighted by molar-refractivity contribution is 7.78. The van der Waals surface area contributed by atoms with Gasteiger partial charge >= 0.3 is 5.97 Å². The number of nitrogens with zero attached hydrogens (tertiary/aromatic N) is 2. The molecule has 6 heteroatoms. The van der Waals surface area contributed by atoms with Crippen LogP contribution in [0.1, 0.15) is 10.4 Å². The zero-order chi connectivity index (χ0) is 14.4. The number of benzene rings is 1. The lowest BCUT2D eigenvalue weighted by molar-refractivity contribution is 0.0696. The maximum Gasteiger partial charge on any atom is 0.338 e. The molecule has 2 heterocycles. The molecule has 0 amide bonds. The molecule has 102 valence electrons. The molecule has 1 N–H and O–H groups in total. The molecule has 20 heavy (non-hydrogen) atoms. The molecule has 0 saturated carbocycles. The van der Waals surface area contributed by atoms with Crippen molar-refractivity contribution in [2.45, 2.75) is 0 Å². The summed E-state index contributed by atoms with van der Waals surface area (Å²) in [6, 6.07) is 13.4. The van der Waals surface area contributed by atoms with Crippen molar-refractivity contribution in [2.24, 2.45) is 0 Å². The summed E-state index contributed by atoms with van der Waals surface area (Å²) in [5.74, 6) is -0.959. The Hall–Kier alpha value is -2.47. The number of carboxylic acids is 1. The minimum absolute atomic E-state index is 0.185. The second-order valence-electron chi connectivity index (χ2n) is 3.79. The molecule has 2 aromatic heterocycles. The molecule has 0 atom stereocenters. The van der Waals surface area contributed by atoms with Gasteiger partial charge in [0.15, 0.2) is 0 Å². The predicted molar refractivity (Wildman–Crippen MR) is 77.7 cm³/mol. The normalized spacial score (nSPS) is 9.65. The molecule has 3 rings (SSSR count). The summed E-state index contributed by atoms with van der Waals surface area (Å²) >= 11 is 4.17. The Kier molecular flexibility index (Phi) is 4.62. The smallest absolute Gasteiger partial charge is 0.338 e. The van der Waals surface area contributed by atoms with Gasteiger partial charge in [0, 0.05) is 5.56 Å². The zero-order valence-electron chi connectivity index (χ0n) is 10.4. The van der Waals surface area contributed by atoms with Crippen LogP contribution in [0.5, 0.6) is 0 Å². The highest BCUT2D eigenvalue weighted by atomic mass is 32.1. The van der Waals surface area contributed by atoms with Crippen molar-refractivity contribution >= 4 is 18.8 Å². The summed E-state index contributed by atoms with van der Waals surface area (Å²) in [6.07, 6.45) is 4.24. The van der Waals surface area contributed by atoms with Crippen molar-refractivity contribution in [1.29, 1.82) is 0 Å². The maximum absolute atomic E-state index is 10.0. The number of carbonyl (C=O) groups is 1. The van der Waals surface area contributed by atoms with E-state index < -0.39 is 5.97 Å². The zero-order valence-corrected chi connectivity index (χ0v) is 11.3. The standard InChI is InChI=1S/C9H8N2S.C5H4O3/c12-11-9(6-7-10-11)8-4-2-1-3-5-8;6-5(7)4-1-2-8-3-4/h1-7,12H;1-3H,(H,6,7). The van der Waals surface area contributed by atoms with Gasteiger partial charge in [-0.25, -0.2) is 8.88 Å². The molecule has 0 aliphatic heterocycles. The average Bonchev–Trinajstić information content (AvgIpc) is 3.11. The van der Waals surface area contributed by atoms with Crippen molar-refractivity contribution in [3.63, 3.8) is 0 Å². The monoisotopic (exact) mass is 288 g/mol. The van der Waals surface area contributed by atoms with E-state index in [0.29, 0.717) is 0 Å². The molecule has 5 nitrogen and oxygen atoms in total. The average molecular weight is 288 g/mol. The van der Waals surface area contributed by atoms with Crippen LogP contribution >= 0.6 is 12.8 Å². The van der Waals surface area contributed by atoms with Crippen molar-refractivity contribution in [3.8, 4) is 11.3 Å². The lowest BCUT2D eigenvalue weighted by Crippen LogP contribution is -1.90. The van der Waals surface area contributed by atoms with Crippen LogP contribution in [0.4, 0.5) is 0 Å². The first-order chi connectivity index (χ1) is 9.68. The van der Waals surface area contributed by atoms with Crippen LogP contribution in [0.3, 0.4) is 0 Å². The Morgan fingerprint density at radius 1 is 1.20 bits per heavy atom. The Labute approximate surface area is 121 Å². The molecule has 0 aliphatic rings. The van der Waals surface area contributed by atoms with E-state index >= 15 is 0 Å². The molecule has 0 unspecified atom stereocenters. The van der Waals surface area contributed by atoms with E-state index in [1.165, 1.54) is 18.6 Å². The molecule has 0 saturated heterocycles. The summed E-state index contributed by atoms with van der Waals surface area (Å²) in [6.45, 7) is 0. The third-order valence-corrected chi connectivity index (χ3v) is 2.78. The molecule has 0 aliphatic carbocycles.